The summed E-state index contributed by atoms with van der Waals surface area (Å²) in [6, 6.07) is 6.30. The Balaban J connectivity index is 0.00000243. The second kappa shape index (κ2) is 9.17. The number of amides is 1. The van der Waals surface area contributed by atoms with Crippen LogP contribution in [0.15, 0.2) is 29.2 Å². The molecule has 1 saturated heterocycles. The van der Waals surface area contributed by atoms with E-state index in [1.54, 1.807) is 22.5 Å². The van der Waals surface area contributed by atoms with Crippen LogP contribution in [0.25, 0.3) is 0 Å². The van der Waals surface area contributed by atoms with E-state index in [9.17, 15) is 13.2 Å². The summed E-state index contributed by atoms with van der Waals surface area (Å²) in [5.74, 6) is 0.202. The molecular weight excluding hydrogens is 374 g/mol. The maximum Gasteiger partial charge on any atom is 0.251 e. The number of hydrogen-bond acceptors (Lipinski definition) is 4. The average molecular weight is 402 g/mol. The molecule has 0 aromatic heterocycles. The van der Waals surface area contributed by atoms with Gasteiger partial charge in [-0.1, -0.05) is 18.9 Å². The molecule has 1 atom stereocenters. The normalized spacial score (nSPS) is 19.9. The van der Waals surface area contributed by atoms with E-state index in [2.05, 4.69) is 5.32 Å². The monoisotopic (exact) mass is 401 g/mol. The van der Waals surface area contributed by atoms with Crippen molar-refractivity contribution in [3.63, 3.8) is 0 Å². The highest BCUT2D eigenvalue weighted by atomic mass is 35.5. The van der Waals surface area contributed by atoms with Crippen LogP contribution in [0.2, 0.25) is 0 Å². The molecule has 2 aliphatic rings. The SMILES string of the molecule is Cl.NCC(NC(=O)c1cccc(S(=O)(=O)N2CCCCCC2)c1)C1CC1. The number of hydrogen-bond donors (Lipinski definition) is 2. The summed E-state index contributed by atoms with van der Waals surface area (Å²) in [4.78, 5) is 12.7. The zero-order chi connectivity index (χ0) is 17.9. The lowest BCUT2D eigenvalue weighted by Crippen LogP contribution is -2.41. The van der Waals surface area contributed by atoms with Gasteiger partial charge in [0.15, 0.2) is 0 Å². The number of carbonyl (C=O) groups excluding carboxylic acids is 1. The van der Waals surface area contributed by atoms with Gasteiger partial charge in [0.05, 0.1) is 4.90 Å². The first-order chi connectivity index (χ1) is 12.0. The summed E-state index contributed by atoms with van der Waals surface area (Å²) in [5, 5.41) is 2.94. The second-order valence-electron chi connectivity index (χ2n) is 7.00. The number of benzene rings is 1. The summed E-state index contributed by atoms with van der Waals surface area (Å²) < 4.78 is 27.3. The van der Waals surface area contributed by atoms with Gasteiger partial charge in [-0.25, -0.2) is 8.42 Å². The average Bonchev–Trinajstić information content (AvgIpc) is 3.46. The molecule has 1 saturated carbocycles. The highest BCUT2D eigenvalue weighted by Gasteiger charge is 2.32. The van der Waals surface area contributed by atoms with Gasteiger partial charge in [-0.05, 0) is 49.8 Å². The maximum absolute atomic E-state index is 12.9. The molecule has 3 rings (SSSR count). The van der Waals surface area contributed by atoms with Gasteiger partial charge >= 0.3 is 0 Å². The summed E-state index contributed by atoms with van der Waals surface area (Å²) in [5.41, 5.74) is 6.10. The molecule has 1 aliphatic carbocycles. The molecule has 0 radical (unpaired) electrons. The number of nitrogens with zero attached hydrogens (tertiary/aromatic N) is 1. The van der Waals surface area contributed by atoms with Crippen LogP contribution in [0.5, 0.6) is 0 Å². The largest absolute Gasteiger partial charge is 0.348 e. The molecule has 6 nitrogen and oxygen atoms in total. The van der Waals surface area contributed by atoms with Crippen LogP contribution in [0, 0.1) is 5.92 Å². The molecule has 1 amide bonds. The van der Waals surface area contributed by atoms with Crippen molar-refractivity contribution in [1.82, 2.24) is 9.62 Å². The minimum Gasteiger partial charge on any atom is -0.348 e. The summed E-state index contributed by atoms with van der Waals surface area (Å²) in [7, 11) is -3.55. The van der Waals surface area contributed by atoms with Crippen LogP contribution in [0.1, 0.15) is 48.9 Å². The Morgan fingerprint density at radius 2 is 1.85 bits per heavy atom. The van der Waals surface area contributed by atoms with E-state index < -0.39 is 10.0 Å². The van der Waals surface area contributed by atoms with E-state index >= 15 is 0 Å². The van der Waals surface area contributed by atoms with E-state index in [1.807, 2.05) is 0 Å². The third-order valence-corrected chi connectivity index (χ3v) is 6.96. The zero-order valence-electron chi connectivity index (χ0n) is 14.9. The van der Waals surface area contributed by atoms with Crippen LogP contribution in [0.4, 0.5) is 0 Å². The first-order valence-corrected chi connectivity index (χ1v) is 10.6. The number of sulfonamides is 1. The summed E-state index contributed by atoms with van der Waals surface area (Å²) >= 11 is 0. The topological polar surface area (TPSA) is 92.5 Å². The van der Waals surface area contributed by atoms with E-state index in [0.717, 1.165) is 38.5 Å². The van der Waals surface area contributed by atoms with Crippen LogP contribution >= 0.6 is 12.4 Å². The van der Waals surface area contributed by atoms with E-state index in [-0.39, 0.29) is 29.3 Å². The van der Waals surface area contributed by atoms with Gasteiger partial charge < -0.3 is 11.1 Å². The van der Waals surface area contributed by atoms with Crippen molar-refractivity contribution in [2.24, 2.45) is 11.7 Å². The summed E-state index contributed by atoms with van der Waals surface area (Å²) in [6.07, 6.45) is 6.08. The highest BCUT2D eigenvalue weighted by molar-refractivity contribution is 7.89. The molecule has 146 valence electrons. The molecule has 3 N–H and O–H groups in total. The minimum atomic E-state index is -3.55. The van der Waals surface area contributed by atoms with Gasteiger partial charge in [0, 0.05) is 31.2 Å². The van der Waals surface area contributed by atoms with Crippen molar-refractivity contribution in [2.75, 3.05) is 19.6 Å². The number of nitrogens with two attached hydrogens (primary N) is 1. The Morgan fingerprint density at radius 1 is 1.19 bits per heavy atom. The molecule has 2 fully saturated rings. The fourth-order valence-corrected chi connectivity index (χ4v) is 4.91. The van der Waals surface area contributed by atoms with Crippen molar-refractivity contribution in [3.05, 3.63) is 29.8 Å². The fourth-order valence-electron chi connectivity index (χ4n) is 3.35. The van der Waals surface area contributed by atoms with Crippen molar-refractivity contribution in [2.45, 2.75) is 49.5 Å². The first kappa shape index (κ1) is 21.2. The third-order valence-electron chi connectivity index (χ3n) is 5.06. The second-order valence-corrected chi connectivity index (χ2v) is 8.94. The Morgan fingerprint density at radius 3 is 2.42 bits per heavy atom. The standard InChI is InChI=1S/C18H27N3O3S.ClH/c19-13-17(14-8-9-14)20-18(22)15-6-5-7-16(12-15)25(23,24)21-10-3-1-2-4-11-21;/h5-7,12,14,17H,1-4,8-11,13,19H2,(H,20,22);1H. The molecular formula is C18H28ClN3O3S. The van der Waals surface area contributed by atoms with Crippen LogP contribution in [-0.2, 0) is 10.0 Å². The Bertz CT molecular complexity index is 714. The predicted octanol–water partition coefficient (Wildman–Crippen LogP) is 2.14. The van der Waals surface area contributed by atoms with E-state index in [4.69, 9.17) is 5.73 Å². The van der Waals surface area contributed by atoms with Gasteiger partial charge in [0.25, 0.3) is 5.91 Å². The molecule has 0 spiro atoms. The first-order valence-electron chi connectivity index (χ1n) is 9.13. The van der Waals surface area contributed by atoms with Crippen molar-refractivity contribution < 1.29 is 13.2 Å². The summed E-state index contributed by atoms with van der Waals surface area (Å²) in [6.45, 7) is 1.51. The van der Waals surface area contributed by atoms with Crippen LogP contribution in [0.3, 0.4) is 0 Å². The van der Waals surface area contributed by atoms with E-state index in [1.165, 1.54) is 6.07 Å². The Labute approximate surface area is 162 Å². The fraction of sp³-hybridized carbons (Fsp3) is 0.611. The lowest BCUT2D eigenvalue weighted by Gasteiger charge is -2.20. The minimum absolute atomic E-state index is 0. The lowest BCUT2D eigenvalue weighted by molar-refractivity contribution is 0.0933. The van der Waals surface area contributed by atoms with Crippen molar-refractivity contribution in [1.29, 1.82) is 0 Å². The molecule has 26 heavy (non-hydrogen) atoms. The number of nitrogens with one attached hydrogen (secondary N) is 1. The third kappa shape index (κ3) is 4.97. The maximum atomic E-state index is 12.9. The molecule has 0 bridgehead atoms. The molecule has 8 heteroatoms. The van der Waals surface area contributed by atoms with Gasteiger partial charge in [0.1, 0.15) is 0 Å². The quantitative estimate of drug-likeness (QED) is 0.763. The number of halogens is 1. The highest BCUT2D eigenvalue weighted by Crippen LogP contribution is 2.32. The van der Waals surface area contributed by atoms with Gasteiger partial charge in [0.2, 0.25) is 10.0 Å². The van der Waals surface area contributed by atoms with Gasteiger partial charge in [-0.3, -0.25) is 4.79 Å². The van der Waals surface area contributed by atoms with Crippen LogP contribution in [-0.4, -0.2) is 44.3 Å². The number of rotatable bonds is 6. The lowest BCUT2D eigenvalue weighted by atomic mass is 10.1. The smallest absolute Gasteiger partial charge is 0.251 e. The van der Waals surface area contributed by atoms with Crippen molar-refractivity contribution in [3.8, 4) is 0 Å². The zero-order valence-corrected chi connectivity index (χ0v) is 16.5. The number of carbonyl (C=O) groups is 1. The predicted molar refractivity (Wildman–Crippen MR) is 104 cm³/mol. The molecule has 1 unspecified atom stereocenters. The van der Waals surface area contributed by atoms with Gasteiger partial charge in [-0.15, -0.1) is 12.4 Å². The van der Waals surface area contributed by atoms with E-state index in [0.29, 0.717) is 31.1 Å². The van der Waals surface area contributed by atoms with Crippen LogP contribution < -0.4 is 11.1 Å². The van der Waals surface area contributed by atoms with Gasteiger partial charge in [-0.2, -0.15) is 4.31 Å². The Hall–Kier alpha value is -1.15. The molecule has 1 aromatic carbocycles. The molecule has 1 aliphatic heterocycles. The van der Waals surface area contributed by atoms with Crippen molar-refractivity contribution >= 4 is 28.3 Å². The molecule has 1 aromatic rings. The Kier molecular flexibility index (Phi) is 7.46. The molecule has 1 heterocycles.